The molecule has 3 rings (SSSR count). The standard InChI is InChI=1S/C17H26N2O3/c1-18-8-14(10-20)7-17(18)11-19(12-17)9-13-4-15(21-2)6-16(5-13)22-3/h4-6,14,20H,7-12H2,1-3H3. The summed E-state index contributed by atoms with van der Waals surface area (Å²) in [6.07, 6.45) is 1.11. The zero-order chi connectivity index (χ0) is 15.7. The predicted octanol–water partition coefficient (Wildman–Crippen LogP) is 1.20. The number of methoxy groups -OCH3 is 2. The van der Waals surface area contributed by atoms with Crippen LogP contribution in [0.15, 0.2) is 18.2 Å². The summed E-state index contributed by atoms with van der Waals surface area (Å²) in [7, 11) is 5.54. The molecule has 5 heteroatoms. The van der Waals surface area contributed by atoms with Crippen molar-refractivity contribution in [3.63, 3.8) is 0 Å². The maximum Gasteiger partial charge on any atom is 0.122 e. The SMILES string of the molecule is COc1cc(CN2CC3(CC(CO)CN3C)C2)cc(OC)c1. The molecule has 0 radical (unpaired) electrons. The number of rotatable bonds is 5. The van der Waals surface area contributed by atoms with Crippen LogP contribution in [0.3, 0.4) is 0 Å². The average Bonchev–Trinajstić information content (AvgIpc) is 2.83. The minimum Gasteiger partial charge on any atom is -0.497 e. The minimum atomic E-state index is 0.274. The van der Waals surface area contributed by atoms with Gasteiger partial charge >= 0.3 is 0 Å². The second-order valence-electron chi connectivity index (χ2n) is 6.72. The van der Waals surface area contributed by atoms with Crippen LogP contribution in [0, 0.1) is 5.92 Å². The Morgan fingerprint density at radius 3 is 2.32 bits per heavy atom. The zero-order valence-corrected chi connectivity index (χ0v) is 13.7. The van der Waals surface area contributed by atoms with E-state index in [1.165, 1.54) is 5.56 Å². The molecule has 22 heavy (non-hydrogen) atoms. The Balaban J connectivity index is 1.62. The Hall–Kier alpha value is -1.30. The van der Waals surface area contributed by atoms with E-state index in [4.69, 9.17) is 9.47 Å². The largest absolute Gasteiger partial charge is 0.497 e. The first kappa shape index (κ1) is 15.6. The Bertz CT molecular complexity index is 506. The fraction of sp³-hybridized carbons (Fsp3) is 0.647. The van der Waals surface area contributed by atoms with Gasteiger partial charge in [0.2, 0.25) is 0 Å². The summed E-state index contributed by atoms with van der Waals surface area (Å²) in [6.45, 7) is 4.36. The summed E-state index contributed by atoms with van der Waals surface area (Å²) in [6, 6.07) is 6.04. The molecule has 1 aromatic rings. The van der Waals surface area contributed by atoms with Gasteiger partial charge in [-0.05, 0) is 37.1 Å². The summed E-state index contributed by atoms with van der Waals surface area (Å²) >= 11 is 0. The van der Waals surface area contributed by atoms with E-state index < -0.39 is 0 Å². The normalized spacial score (nSPS) is 24.5. The average molecular weight is 306 g/mol. The molecule has 1 aromatic carbocycles. The highest BCUT2D eigenvalue weighted by Gasteiger charge is 2.51. The summed E-state index contributed by atoms with van der Waals surface area (Å²) in [4.78, 5) is 4.88. The molecule has 1 spiro atoms. The molecule has 2 aliphatic rings. The van der Waals surface area contributed by atoms with Crippen molar-refractivity contribution in [3.8, 4) is 11.5 Å². The van der Waals surface area contributed by atoms with Gasteiger partial charge in [-0.15, -0.1) is 0 Å². The van der Waals surface area contributed by atoms with E-state index >= 15 is 0 Å². The number of ether oxygens (including phenoxy) is 2. The van der Waals surface area contributed by atoms with Crippen LogP contribution in [0.25, 0.3) is 0 Å². The van der Waals surface area contributed by atoms with Crippen LogP contribution < -0.4 is 9.47 Å². The van der Waals surface area contributed by atoms with Crippen LogP contribution in [0.5, 0.6) is 11.5 Å². The molecule has 2 saturated heterocycles. The fourth-order valence-corrected chi connectivity index (χ4v) is 3.95. The van der Waals surface area contributed by atoms with E-state index in [9.17, 15) is 5.11 Å². The molecule has 2 fully saturated rings. The maximum absolute atomic E-state index is 9.38. The number of nitrogens with zero attached hydrogens (tertiary/aromatic N) is 2. The van der Waals surface area contributed by atoms with Crippen LogP contribution in [0.1, 0.15) is 12.0 Å². The van der Waals surface area contributed by atoms with Crippen molar-refractivity contribution in [2.45, 2.75) is 18.5 Å². The van der Waals surface area contributed by atoms with Crippen molar-refractivity contribution >= 4 is 0 Å². The Morgan fingerprint density at radius 2 is 1.82 bits per heavy atom. The van der Waals surface area contributed by atoms with Gasteiger partial charge in [0.15, 0.2) is 0 Å². The van der Waals surface area contributed by atoms with Gasteiger partial charge in [0, 0.05) is 44.4 Å². The van der Waals surface area contributed by atoms with Crippen LogP contribution in [0.4, 0.5) is 0 Å². The molecule has 5 nitrogen and oxygen atoms in total. The molecular formula is C17H26N2O3. The molecule has 0 bridgehead atoms. The third-order valence-electron chi connectivity index (χ3n) is 5.12. The molecule has 2 aliphatic heterocycles. The van der Waals surface area contributed by atoms with Gasteiger partial charge in [-0.3, -0.25) is 9.80 Å². The number of aliphatic hydroxyl groups is 1. The van der Waals surface area contributed by atoms with Gasteiger partial charge in [-0.1, -0.05) is 0 Å². The van der Waals surface area contributed by atoms with Gasteiger partial charge < -0.3 is 14.6 Å². The number of hydrogen-bond acceptors (Lipinski definition) is 5. The van der Waals surface area contributed by atoms with Crippen molar-refractivity contribution in [3.05, 3.63) is 23.8 Å². The molecular weight excluding hydrogens is 280 g/mol. The number of hydrogen-bond donors (Lipinski definition) is 1. The second-order valence-corrected chi connectivity index (χ2v) is 6.72. The first-order valence-corrected chi connectivity index (χ1v) is 7.85. The van der Waals surface area contributed by atoms with E-state index in [1.54, 1.807) is 14.2 Å². The fourth-order valence-electron chi connectivity index (χ4n) is 3.95. The Kier molecular flexibility index (Phi) is 4.30. The molecule has 122 valence electrons. The van der Waals surface area contributed by atoms with E-state index in [1.807, 2.05) is 6.07 Å². The number of aliphatic hydroxyl groups excluding tert-OH is 1. The predicted molar refractivity (Wildman–Crippen MR) is 85.4 cm³/mol. The monoisotopic (exact) mass is 306 g/mol. The lowest BCUT2D eigenvalue weighted by Crippen LogP contribution is -2.66. The molecule has 0 amide bonds. The van der Waals surface area contributed by atoms with Crippen LogP contribution in [-0.2, 0) is 6.54 Å². The zero-order valence-electron chi connectivity index (χ0n) is 13.7. The van der Waals surface area contributed by atoms with Gasteiger partial charge in [0.25, 0.3) is 0 Å². The number of likely N-dealkylation sites (tertiary alicyclic amines) is 2. The van der Waals surface area contributed by atoms with Crippen molar-refractivity contribution < 1.29 is 14.6 Å². The summed E-state index contributed by atoms with van der Waals surface area (Å²) < 4.78 is 10.7. The molecule has 0 saturated carbocycles. The highest BCUT2D eigenvalue weighted by atomic mass is 16.5. The highest BCUT2D eigenvalue weighted by molar-refractivity contribution is 5.38. The van der Waals surface area contributed by atoms with Gasteiger partial charge in [-0.25, -0.2) is 0 Å². The van der Waals surface area contributed by atoms with E-state index in [-0.39, 0.29) is 5.54 Å². The third-order valence-corrected chi connectivity index (χ3v) is 5.12. The van der Waals surface area contributed by atoms with Crippen LogP contribution in [0.2, 0.25) is 0 Å². The van der Waals surface area contributed by atoms with Gasteiger partial charge in [-0.2, -0.15) is 0 Å². The van der Waals surface area contributed by atoms with E-state index in [2.05, 4.69) is 29.0 Å². The van der Waals surface area contributed by atoms with E-state index in [0.29, 0.717) is 12.5 Å². The summed E-state index contributed by atoms with van der Waals surface area (Å²) in [5, 5.41) is 9.38. The highest BCUT2D eigenvalue weighted by Crippen LogP contribution is 2.40. The molecule has 1 N–H and O–H groups in total. The Morgan fingerprint density at radius 1 is 1.18 bits per heavy atom. The van der Waals surface area contributed by atoms with Crippen molar-refractivity contribution in [2.24, 2.45) is 5.92 Å². The van der Waals surface area contributed by atoms with Gasteiger partial charge in [0.1, 0.15) is 11.5 Å². The van der Waals surface area contributed by atoms with Crippen LogP contribution in [-0.4, -0.2) is 68.0 Å². The lowest BCUT2D eigenvalue weighted by atomic mass is 9.84. The van der Waals surface area contributed by atoms with Crippen LogP contribution >= 0.6 is 0 Å². The summed E-state index contributed by atoms with van der Waals surface area (Å²) in [5.74, 6) is 2.11. The molecule has 1 unspecified atom stereocenters. The first-order chi connectivity index (χ1) is 10.6. The van der Waals surface area contributed by atoms with Crippen molar-refractivity contribution in [2.75, 3.05) is 47.5 Å². The van der Waals surface area contributed by atoms with E-state index in [0.717, 1.165) is 44.1 Å². The maximum atomic E-state index is 9.38. The minimum absolute atomic E-state index is 0.274. The molecule has 1 atom stereocenters. The third kappa shape index (κ3) is 2.81. The van der Waals surface area contributed by atoms with Crippen molar-refractivity contribution in [1.29, 1.82) is 0 Å². The summed E-state index contributed by atoms with van der Waals surface area (Å²) in [5.41, 5.74) is 1.49. The quantitative estimate of drug-likeness (QED) is 0.886. The smallest absolute Gasteiger partial charge is 0.122 e. The molecule has 0 aromatic heterocycles. The topological polar surface area (TPSA) is 45.2 Å². The first-order valence-electron chi connectivity index (χ1n) is 7.85. The molecule has 0 aliphatic carbocycles. The lowest BCUT2D eigenvalue weighted by Gasteiger charge is -2.52. The second kappa shape index (κ2) is 6.07. The Labute approximate surface area is 132 Å². The van der Waals surface area contributed by atoms with Crippen molar-refractivity contribution in [1.82, 2.24) is 9.80 Å². The lowest BCUT2D eigenvalue weighted by molar-refractivity contribution is -0.0223. The number of benzene rings is 1. The van der Waals surface area contributed by atoms with Gasteiger partial charge in [0.05, 0.1) is 14.2 Å². The molecule has 2 heterocycles. The number of likely N-dealkylation sites (N-methyl/N-ethyl adjacent to an activating group) is 1.